The molecule has 0 radical (unpaired) electrons. The monoisotopic (exact) mass is 306 g/mol. The SMILES string of the molecule is CC(=O)n1c(O)c(-c2sc(=S)[nH]c2O)c2ccccc21. The molecule has 7 heteroatoms. The molecule has 3 N–H and O–H groups in total. The highest BCUT2D eigenvalue weighted by molar-refractivity contribution is 7.73. The number of carbonyl (C=O) groups excluding carboxylic acids is 1. The molecule has 0 aliphatic rings. The Morgan fingerprint density at radius 3 is 2.65 bits per heavy atom. The molecule has 0 saturated carbocycles. The number of rotatable bonds is 1. The molecule has 0 amide bonds. The Morgan fingerprint density at radius 2 is 2.05 bits per heavy atom. The number of carbonyl (C=O) groups is 1. The highest BCUT2D eigenvalue weighted by Gasteiger charge is 2.23. The fourth-order valence-electron chi connectivity index (χ4n) is 2.26. The summed E-state index contributed by atoms with van der Waals surface area (Å²) in [4.78, 5) is 14.8. The number of nitrogens with one attached hydrogen (secondary N) is 1. The predicted molar refractivity (Wildman–Crippen MR) is 80.1 cm³/mol. The molecule has 0 spiro atoms. The summed E-state index contributed by atoms with van der Waals surface area (Å²) in [6.45, 7) is 1.37. The zero-order valence-corrected chi connectivity index (χ0v) is 12.0. The molecule has 0 saturated heterocycles. The molecule has 0 unspecified atom stereocenters. The van der Waals surface area contributed by atoms with Crippen LogP contribution in [0.4, 0.5) is 0 Å². The number of H-pyrrole nitrogens is 1. The Morgan fingerprint density at radius 1 is 1.35 bits per heavy atom. The normalized spacial score (nSPS) is 11.1. The highest BCUT2D eigenvalue weighted by Crippen LogP contribution is 2.44. The first-order valence-corrected chi connectivity index (χ1v) is 6.99. The van der Waals surface area contributed by atoms with Gasteiger partial charge in [0, 0.05) is 12.3 Å². The van der Waals surface area contributed by atoms with Crippen molar-refractivity contribution in [2.24, 2.45) is 0 Å². The van der Waals surface area contributed by atoms with Crippen molar-refractivity contribution in [2.75, 3.05) is 0 Å². The van der Waals surface area contributed by atoms with E-state index in [0.29, 0.717) is 25.3 Å². The molecule has 0 bridgehead atoms. The first-order valence-electron chi connectivity index (χ1n) is 5.76. The van der Waals surface area contributed by atoms with E-state index in [4.69, 9.17) is 12.2 Å². The van der Waals surface area contributed by atoms with E-state index >= 15 is 0 Å². The maximum absolute atomic E-state index is 11.7. The van der Waals surface area contributed by atoms with Gasteiger partial charge in [-0.15, -0.1) is 11.3 Å². The highest BCUT2D eigenvalue weighted by atomic mass is 32.1. The van der Waals surface area contributed by atoms with Crippen LogP contribution in [0.3, 0.4) is 0 Å². The first kappa shape index (κ1) is 12.9. The number of aromatic hydroxyl groups is 2. The minimum absolute atomic E-state index is 0.109. The molecule has 1 aromatic carbocycles. The summed E-state index contributed by atoms with van der Waals surface area (Å²) >= 11 is 6.14. The number of thiazole rings is 1. The summed E-state index contributed by atoms with van der Waals surface area (Å²) in [6, 6.07) is 7.11. The van der Waals surface area contributed by atoms with E-state index in [9.17, 15) is 15.0 Å². The van der Waals surface area contributed by atoms with Crippen LogP contribution in [0.15, 0.2) is 24.3 Å². The van der Waals surface area contributed by atoms with Gasteiger partial charge in [-0.1, -0.05) is 18.2 Å². The van der Waals surface area contributed by atoms with Crippen LogP contribution in [0.1, 0.15) is 11.7 Å². The topological polar surface area (TPSA) is 78.2 Å². The second kappa shape index (κ2) is 4.46. The van der Waals surface area contributed by atoms with E-state index in [1.54, 1.807) is 24.3 Å². The Labute approximate surface area is 122 Å². The molecule has 20 heavy (non-hydrogen) atoms. The van der Waals surface area contributed by atoms with Crippen LogP contribution in [-0.2, 0) is 0 Å². The standard InChI is InChI=1S/C13H10N2O3S2/c1-6(16)15-8-5-3-2-4-7(8)9(12(15)18)10-11(17)14-13(19)20-10/h2-5,17-18H,1H3,(H,14,19). The molecule has 0 aliphatic carbocycles. The molecule has 102 valence electrons. The third-order valence-corrected chi connectivity index (χ3v) is 4.26. The number of para-hydroxylation sites is 1. The number of hydrogen-bond acceptors (Lipinski definition) is 5. The van der Waals surface area contributed by atoms with Gasteiger partial charge in [0.2, 0.25) is 17.7 Å². The molecule has 2 heterocycles. The van der Waals surface area contributed by atoms with Crippen LogP contribution in [-0.4, -0.2) is 25.7 Å². The zero-order valence-electron chi connectivity index (χ0n) is 10.4. The molecule has 0 atom stereocenters. The van der Waals surface area contributed by atoms with Gasteiger partial charge in [0.25, 0.3) is 0 Å². The van der Waals surface area contributed by atoms with Crippen molar-refractivity contribution in [3.8, 4) is 22.2 Å². The first-order chi connectivity index (χ1) is 9.50. The second-order valence-electron chi connectivity index (χ2n) is 4.26. The number of benzene rings is 1. The van der Waals surface area contributed by atoms with Gasteiger partial charge >= 0.3 is 0 Å². The lowest BCUT2D eigenvalue weighted by molar-refractivity contribution is 0.0933. The van der Waals surface area contributed by atoms with Crippen molar-refractivity contribution in [1.29, 1.82) is 0 Å². The average molecular weight is 306 g/mol. The van der Waals surface area contributed by atoms with Gasteiger partial charge in [-0.25, -0.2) is 0 Å². The summed E-state index contributed by atoms with van der Waals surface area (Å²) in [6.07, 6.45) is 0. The van der Waals surface area contributed by atoms with E-state index in [2.05, 4.69) is 4.98 Å². The molecular formula is C13H10N2O3S2. The summed E-state index contributed by atoms with van der Waals surface area (Å²) in [5, 5.41) is 20.9. The molecule has 3 rings (SSSR count). The third kappa shape index (κ3) is 1.75. The van der Waals surface area contributed by atoms with E-state index < -0.39 is 0 Å². The van der Waals surface area contributed by atoms with Gasteiger partial charge in [0.1, 0.15) is 4.88 Å². The fourth-order valence-corrected chi connectivity index (χ4v) is 3.39. The minimum Gasteiger partial charge on any atom is -0.494 e. The van der Waals surface area contributed by atoms with Crippen molar-refractivity contribution in [3.05, 3.63) is 28.2 Å². The van der Waals surface area contributed by atoms with Gasteiger partial charge in [-0.2, -0.15) is 0 Å². The maximum Gasteiger partial charge on any atom is 0.230 e. The van der Waals surface area contributed by atoms with Gasteiger partial charge in [0.05, 0.1) is 11.1 Å². The lowest BCUT2D eigenvalue weighted by atomic mass is 10.1. The summed E-state index contributed by atoms with van der Waals surface area (Å²) in [5.74, 6) is -0.607. The van der Waals surface area contributed by atoms with Crippen molar-refractivity contribution in [1.82, 2.24) is 9.55 Å². The largest absolute Gasteiger partial charge is 0.494 e. The molecular weight excluding hydrogens is 296 g/mol. The number of nitrogens with zero attached hydrogens (tertiary/aromatic N) is 1. The quantitative estimate of drug-likeness (QED) is 0.601. The molecule has 0 fully saturated rings. The Hall–Kier alpha value is -2.12. The van der Waals surface area contributed by atoms with Crippen LogP contribution in [0, 0.1) is 3.95 Å². The maximum atomic E-state index is 11.7. The molecule has 0 aliphatic heterocycles. The molecule has 3 aromatic rings. The molecule has 2 aromatic heterocycles. The van der Waals surface area contributed by atoms with Gasteiger partial charge in [0.15, 0.2) is 3.95 Å². The Kier molecular flexibility index (Phi) is 2.88. The van der Waals surface area contributed by atoms with Crippen LogP contribution < -0.4 is 0 Å². The van der Waals surface area contributed by atoms with E-state index in [1.807, 2.05) is 0 Å². The van der Waals surface area contributed by atoms with E-state index in [-0.39, 0.29) is 17.7 Å². The number of aromatic nitrogens is 2. The molecule has 5 nitrogen and oxygen atoms in total. The predicted octanol–water partition coefficient (Wildman–Crippen LogP) is 3.50. The average Bonchev–Trinajstić information content (AvgIpc) is 2.85. The Bertz CT molecular complexity index is 889. The zero-order chi connectivity index (χ0) is 14.4. The summed E-state index contributed by atoms with van der Waals surface area (Å²) < 4.78 is 1.61. The lowest BCUT2D eigenvalue weighted by Crippen LogP contribution is -2.03. The third-order valence-electron chi connectivity index (χ3n) is 3.02. The summed E-state index contributed by atoms with van der Waals surface area (Å²) in [5.41, 5.74) is 0.997. The van der Waals surface area contributed by atoms with E-state index in [1.165, 1.54) is 11.5 Å². The second-order valence-corrected chi connectivity index (χ2v) is 5.95. The smallest absolute Gasteiger partial charge is 0.230 e. The van der Waals surface area contributed by atoms with Crippen LogP contribution in [0.5, 0.6) is 11.8 Å². The summed E-state index contributed by atoms with van der Waals surface area (Å²) in [7, 11) is 0. The fraction of sp³-hybridized carbons (Fsp3) is 0.0769. The minimum atomic E-state index is -0.302. The van der Waals surface area contributed by atoms with Gasteiger partial charge in [-0.3, -0.25) is 9.36 Å². The van der Waals surface area contributed by atoms with E-state index in [0.717, 1.165) is 11.3 Å². The van der Waals surface area contributed by atoms with Crippen LogP contribution >= 0.6 is 23.6 Å². The van der Waals surface area contributed by atoms with Crippen LogP contribution in [0.2, 0.25) is 0 Å². The van der Waals surface area contributed by atoms with Crippen molar-refractivity contribution < 1.29 is 15.0 Å². The number of hydrogen-bond donors (Lipinski definition) is 3. The van der Waals surface area contributed by atoms with Crippen molar-refractivity contribution >= 4 is 40.4 Å². The Balaban J connectivity index is 2.48. The van der Waals surface area contributed by atoms with Gasteiger partial charge < -0.3 is 15.2 Å². The lowest BCUT2D eigenvalue weighted by Gasteiger charge is -2.01. The van der Waals surface area contributed by atoms with Crippen LogP contribution in [0.25, 0.3) is 21.3 Å². The van der Waals surface area contributed by atoms with Crippen molar-refractivity contribution in [2.45, 2.75) is 6.92 Å². The van der Waals surface area contributed by atoms with Crippen molar-refractivity contribution in [3.63, 3.8) is 0 Å². The van der Waals surface area contributed by atoms with Gasteiger partial charge in [-0.05, 0) is 18.3 Å². The number of aromatic amines is 1. The number of fused-ring (bicyclic) bond motifs is 1.